The first-order valence-corrected chi connectivity index (χ1v) is 16.7. The van der Waals surface area contributed by atoms with Crippen molar-refractivity contribution in [2.45, 2.75) is 38.4 Å². The summed E-state index contributed by atoms with van der Waals surface area (Å²) in [5.41, 5.74) is 3.72. The molecule has 254 valence electrons. The van der Waals surface area contributed by atoms with E-state index in [1.807, 2.05) is 91.0 Å². The molecular weight excluding hydrogens is 630 g/mol. The maximum absolute atomic E-state index is 13.2. The van der Waals surface area contributed by atoms with Crippen molar-refractivity contribution in [3.8, 4) is 5.75 Å². The number of likely N-dealkylation sites (tertiary alicyclic amines) is 1. The highest BCUT2D eigenvalue weighted by molar-refractivity contribution is 6.12. The van der Waals surface area contributed by atoms with Crippen molar-refractivity contribution in [3.05, 3.63) is 149 Å². The molecule has 1 fully saturated rings. The number of ether oxygens (including phenoxy) is 3. The van der Waals surface area contributed by atoms with Gasteiger partial charge in [0.1, 0.15) is 24.3 Å². The van der Waals surface area contributed by atoms with Gasteiger partial charge in [-0.15, -0.1) is 0 Å². The van der Waals surface area contributed by atoms with E-state index >= 15 is 0 Å². The summed E-state index contributed by atoms with van der Waals surface area (Å²) in [6, 6.07) is 37.4. The van der Waals surface area contributed by atoms with Crippen LogP contribution in [0.25, 0.3) is 10.8 Å². The van der Waals surface area contributed by atoms with E-state index in [0.29, 0.717) is 42.8 Å². The van der Waals surface area contributed by atoms with Crippen LogP contribution >= 0.6 is 0 Å². The van der Waals surface area contributed by atoms with E-state index in [-0.39, 0.29) is 43.1 Å². The number of rotatable bonds is 11. The number of amides is 2. The van der Waals surface area contributed by atoms with Gasteiger partial charge in [-0.3, -0.25) is 15.0 Å². The lowest BCUT2D eigenvalue weighted by molar-refractivity contribution is -0.144. The molecule has 0 saturated carbocycles. The fraction of sp³-hybridized carbons (Fsp3) is 0.220. The van der Waals surface area contributed by atoms with Crippen LogP contribution in [0.2, 0.25) is 0 Å². The molecule has 5 aromatic carbocycles. The molecule has 1 saturated heterocycles. The van der Waals surface area contributed by atoms with Crippen LogP contribution in [0.1, 0.15) is 51.9 Å². The predicted molar refractivity (Wildman–Crippen MR) is 191 cm³/mol. The first-order chi connectivity index (χ1) is 24.4. The zero-order valence-corrected chi connectivity index (χ0v) is 27.8. The monoisotopic (exact) mass is 669 g/mol. The van der Waals surface area contributed by atoms with Crippen LogP contribution in [0.3, 0.4) is 0 Å². The van der Waals surface area contributed by atoms with Gasteiger partial charge in [-0.2, -0.15) is 0 Å². The summed E-state index contributed by atoms with van der Waals surface area (Å²) in [4.78, 5) is 40.1. The molecule has 50 heavy (non-hydrogen) atoms. The molecule has 0 radical (unpaired) electrons. The average molecular weight is 670 g/mol. The fourth-order valence-electron chi connectivity index (χ4n) is 6.01. The second-order valence-electron chi connectivity index (χ2n) is 12.2. The number of benzene rings is 5. The van der Waals surface area contributed by atoms with Gasteiger partial charge in [0, 0.05) is 24.1 Å². The van der Waals surface area contributed by atoms with Crippen LogP contribution in [0.5, 0.6) is 5.75 Å². The van der Waals surface area contributed by atoms with Crippen molar-refractivity contribution >= 4 is 34.6 Å². The number of hydrogen-bond acceptors (Lipinski definition) is 7. The smallest absolute Gasteiger partial charge is 0.410 e. The first kappa shape index (κ1) is 33.9. The zero-order valence-electron chi connectivity index (χ0n) is 27.8. The Labute approximate surface area is 291 Å². The lowest BCUT2D eigenvalue weighted by Gasteiger charge is -2.19. The van der Waals surface area contributed by atoms with E-state index in [1.165, 1.54) is 0 Å². The third kappa shape index (κ3) is 8.54. The maximum atomic E-state index is 13.2. The SMILES string of the molecule is CCOC(=O)[C@@H](Cc1ccc2ccc(C(=N)NC(=O)c3ccccc3)cc2c1)c1ccc(O[C@H]2CCN(C(=O)OCc3ccccc3)C2)cc1. The molecule has 6 rings (SSSR count). The molecule has 0 bridgehead atoms. The number of nitrogens with zero attached hydrogens (tertiary/aromatic N) is 1. The largest absolute Gasteiger partial charge is 0.489 e. The number of hydrogen-bond donors (Lipinski definition) is 2. The molecule has 0 unspecified atom stereocenters. The normalized spacial score (nSPS) is 14.5. The summed E-state index contributed by atoms with van der Waals surface area (Å²) in [5, 5.41) is 13.0. The van der Waals surface area contributed by atoms with Crippen molar-refractivity contribution in [2.24, 2.45) is 0 Å². The van der Waals surface area contributed by atoms with E-state index in [0.717, 1.165) is 27.5 Å². The van der Waals surface area contributed by atoms with Gasteiger partial charge in [-0.1, -0.05) is 91.0 Å². The molecule has 1 aliphatic heterocycles. The van der Waals surface area contributed by atoms with E-state index in [2.05, 4.69) is 5.32 Å². The van der Waals surface area contributed by atoms with Crippen LogP contribution in [0.15, 0.2) is 121 Å². The second-order valence-corrected chi connectivity index (χ2v) is 12.2. The molecule has 0 aromatic heterocycles. The Hall–Kier alpha value is -5.96. The van der Waals surface area contributed by atoms with Crippen molar-refractivity contribution < 1.29 is 28.6 Å². The van der Waals surface area contributed by atoms with E-state index in [1.54, 1.807) is 42.2 Å². The van der Waals surface area contributed by atoms with Gasteiger partial charge in [-0.25, -0.2) is 4.79 Å². The minimum atomic E-state index is -0.547. The summed E-state index contributed by atoms with van der Waals surface area (Å²) in [5.74, 6) is -0.551. The lowest BCUT2D eigenvalue weighted by Crippen LogP contribution is -2.31. The van der Waals surface area contributed by atoms with Gasteiger partial charge in [0.25, 0.3) is 5.91 Å². The molecule has 0 spiro atoms. The van der Waals surface area contributed by atoms with E-state index in [9.17, 15) is 14.4 Å². The zero-order chi connectivity index (χ0) is 34.9. The van der Waals surface area contributed by atoms with Gasteiger partial charge < -0.3 is 24.4 Å². The summed E-state index contributed by atoms with van der Waals surface area (Å²) < 4.78 is 17.1. The third-order valence-corrected chi connectivity index (χ3v) is 8.67. The maximum Gasteiger partial charge on any atom is 0.410 e. The third-order valence-electron chi connectivity index (χ3n) is 8.67. The van der Waals surface area contributed by atoms with Gasteiger partial charge in [0.05, 0.1) is 19.1 Å². The van der Waals surface area contributed by atoms with Gasteiger partial charge in [-0.05, 0) is 71.1 Å². The van der Waals surface area contributed by atoms with Crippen molar-refractivity contribution in [2.75, 3.05) is 19.7 Å². The first-order valence-electron chi connectivity index (χ1n) is 16.7. The Morgan fingerprint density at radius 3 is 2.26 bits per heavy atom. The van der Waals surface area contributed by atoms with Crippen LogP contribution in [-0.2, 0) is 27.3 Å². The van der Waals surface area contributed by atoms with Crippen molar-refractivity contribution in [3.63, 3.8) is 0 Å². The Morgan fingerprint density at radius 2 is 1.52 bits per heavy atom. The number of carbonyl (C=O) groups excluding carboxylic acids is 3. The van der Waals surface area contributed by atoms with Crippen LogP contribution in [0, 0.1) is 5.41 Å². The Morgan fingerprint density at radius 1 is 0.800 bits per heavy atom. The molecule has 1 heterocycles. The standard InChI is InChI=1S/C41H39N3O6/c1-2-48-40(46)37(24-29-13-14-30-15-16-33(25-34(30)23-29)38(42)43-39(45)32-11-7-4-8-12-32)31-17-19-35(20-18-31)50-36-21-22-44(26-36)41(47)49-27-28-9-5-3-6-10-28/h3-20,23,25,36-37H,2,21-22,24,26-27H2,1H3,(H2,42,43,45)/t36-,37-/m0/s1. The topological polar surface area (TPSA) is 118 Å². The average Bonchev–Trinajstić information content (AvgIpc) is 3.62. The molecule has 2 atom stereocenters. The van der Waals surface area contributed by atoms with Gasteiger partial charge in [0.2, 0.25) is 0 Å². The summed E-state index contributed by atoms with van der Waals surface area (Å²) >= 11 is 0. The highest BCUT2D eigenvalue weighted by atomic mass is 16.6. The quantitative estimate of drug-likeness (QED) is 0.0868. The molecule has 0 aliphatic carbocycles. The molecule has 1 aliphatic rings. The van der Waals surface area contributed by atoms with Crippen molar-refractivity contribution in [1.82, 2.24) is 10.2 Å². The lowest BCUT2D eigenvalue weighted by atomic mass is 9.91. The molecule has 5 aromatic rings. The number of amidine groups is 1. The molecule has 9 nitrogen and oxygen atoms in total. The second kappa shape index (κ2) is 16.0. The Balaban J connectivity index is 1.09. The minimum absolute atomic E-state index is 0.00571. The summed E-state index contributed by atoms with van der Waals surface area (Å²) in [6.07, 6.45) is 0.576. The highest BCUT2D eigenvalue weighted by Gasteiger charge is 2.29. The Kier molecular flexibility index (Phi) is 10.8. The predicted octanol–water partition coefficient (Wildman–Crippen LogP) is 7.27. The van der Waals surface area contributed by atoms with Crippen molar-refractivity contribution in [1.29, 1.82) is 5.41 Å². The van der Waals surface area contributed by atoms with Crippen LogP contribution < -0.4 is 10.1 Å². The van der Waals surface area contributed by atoms with E-state index < -0.39 is 5.92 Å². The highest BCUT2D eigenvalue weighted by Crippen LogP contribution is 2.28. The fourth-order valence-corrected chi connectivity index (χ4v) is 6.01. The molecule has 2 amide bonds. The minimum Gasteiger partial charge on any atom is -0.489 e. The van der Waals surface area contributed by atoms with Gasteiger partial charge in [0.15, 0.2) is 0 Å². The van der Waals surface area contributed by atoms with Crippen LogP contribution in [-0.4, -0.2) is 54.5 Å². The van der Waals surface area contributed by atoms with Gasteiger partial charge >= 0.3 is 12.1 Å². The summed E-state index contributed by atoms with van der Waals surface area (Å²) in [6.45, 7) is 3.27. The number of esters is 1. The number of nitrogens with one attached hydrogen (secondary N) is 2. The Bertz CT molecular complexity index is 1960. The molecular formula is C41H39N3O6. The van der Waals surface area contributed by atoms with E-state index in [4.69, 9.17) is 19.6 Å². The number of fused-ring (bicyclic) bond motifs is 1. The summed E-state index contributed by atoms with van der Waals surface area (Å²) in [7, 11) is 0. The molecule has 2 N–H and O–H groups in total. The number of carbonyl (C=O) groups is 3. The molecule has 9 heteroatoms. The van der Waals surface area contributed by atoms with Crippen LogP contribution in [0.4, 0.5) is 4.79 Å².